The van der Waals surface area contributed by atoms with Gasteiger partial charge in [-0.1, -0.05) is 18.2 Å². The molecule has 0 atom stereocenters. The summed E-state index contributed by atoms with van der Waals surface area (Å²) >= 11 is 0. The van der Waals surface area contributed by atoms with E-state index >= 15 is 0 Å². The van der Waals surface area contributed by atoms with Gasteiger partial charge < -0.3 is 5.73 Å². The van der Waals surface area contributed by atoms with E-state index in [1.807, 2.05) is 0 Å². The third kappa shape index (κ3) is 1.79. The lowest BCUT2D eigenvalue weighted by Crippen LogP contribution is -1.99. The fraction of sp³-hybridized carbons (Fsp3) is 0. The molecule has 5 heteroatoms. The van der Waals surface area contributed by atoms with Crippen LogP contribution in [0.5, 0.6) is 0 Å². The van der Waals surface area contributed by atoms with E-state index in [-0.39, 0.29) is 4.90 Å². The molecule has 0 heterocycles. The zero-order valence-electron chi connectivity index (χ0n) is 7.71. The summed E-state index contributed by atoms with van der Waals surface area (Å²) in [5.41, 5.74) is 6.02. The van der Waals surface area contributed by atoms with Crippen molar-refractivity contribution in [3.05, 3.63) is 36.4 Å². The van der Waals surface area contributed by atoms with E-state index in [4.69, 9.17) is 10.3 Å². The summed E-state index contributed by atoms with van der Waals surface area (Å²) in [5.74, 6) is 0. The number of rotatable bonds is 1. The van der Waals surface area contributed by atoms with Gasteiger partial charge in [0, 0.05) is 11.1 Å². The van der Waals surface area contributed by atoms with Gasteiger partial charge >= 0.3 is 0 Å². The molecule has 15 heavy (non-hydrogen) atoms. The smallest absolute Gasteiger partial charge is 0.295 e. The van der Waals surface area contributed by atoms with Crippen LogP contribution in [0.3, 0.4) is 0 Å². The minimum absolute atomic E-state index is 0.118. The van der Waals surface area contributed by atoms with E-state index in [0.29, 0.717) is 11.1 Å². The van der Waals surface area contributed by atoms with E-state index < -0.39 is 10.1 Å². The van der Waals surface area contributed by atoms with Gasteiger partial charge in [0.1, 0.15) is 4.90 Å². The molecule has 0 fully saturated rings. The number of nitrogens with two attached hydrogens (primary N) is 1. The summed E-state index contributed by atoms with van der Waals surface area (Å²) in [6.07, 6.45) is 0. The summed E-state index contributed by atoms with van der Waals surface area (Å²) in [6.45, 7) is 0. The van der Waals surface area contributed by atoms with Crippen LogP contribution < -0.4 is 5.73 Å². The van der Waals surface area contributed by atoms with Crippen LogP contribution in [0.1, 0.15) is 0 Å². The highest BCUT2D eigenvalue weighted by molar-refractivity contribution is 7.86. The lowest BCUT2D eigenvalue weighted by Gasteiger charge is -2.04. The molecule has 0 saturated heterocycles. The largest absolute Gasteiger partial charge is 0.399 e. The summed E-state index contributed by atoms with van der Waals surface area (Å²) in [4.78, 5) is -0.118. The third-order valence-electron chi connectivity index (χ3n) is 2.14. The molecule has 0 radical (unpaired) electrons. The van der Waals surface area contributed by atoms with Gasteiger partial charge in [-0.3, -0.25) is 4.55 Å². The minimum atomic E-state index is -4.20. The van der Waals surface area contributed by atoms with Crippen LogP contribution in [0.4, 0.5) is 5.69 Å². The fourth-order valence-corrected chi connectivity index (χ4v) is 2.19. The first-order chi connectivity index (χ1) is 6.98. The van der Waals surface area contributed by atoms with Crippen LogP contribution in [0.25, 0.3) is 10.8 Å². The highest BCUT2D eigenvalue weighted by atomic mass is 32.2. The summed E-state index contributed by atoms with van der Waals surface area (Å²) in [5, 5.41) is 1.15. The van der Waals surface area contributed by atoms with E-state index in [1.54, 1.807) is 24.3 Å². The Morgan fingerprint density at radius 1 is 1.13 bits per heavy atom. The monoisotopic (exact) mass is 223 g/mol. The van der Waals surface area contributed by atoms with Crippen LogP contribution in [0, 0.1) is 0 Å². The highest BCUT2D eigenvalue weighted by Crippen LogP contribution is 2.24. The highest BCUT2D eigenvalue weighted by Gasteiger charge is 2.13. The molecule has 2 aromatic carbocycles. The van der Waals surface area contributed by atoms with E-state index in [0.717, 1.165) is 5.39 Å². The molecule has 0 aliphatic heterocycles. The van der Waals surface area contributed by atoms with Crippen LogP contribution in [-0.4, -0.2) is 13.0 Å². The molecule has 3 N–H and O–H groups in total. The number of hydrogen-bond donors (Lipinski definition) is 2. The summed E-state index contributed by atoms with van der Waals surface area (Å²) < 4.78 is 31.2. The second-order valence-corrected chi connectivity index (χ2v) is 4.60. The molecule has 4 nitrogen and oxygen atoms in total. The van der Waals surface area contributed by atoms with Crippen LogP contribution in [0.2, 0.25) is 0 Å². The maximum absolute atomic E-state index is 11.1. The van der Waals surface area contributed by atoms with Crippen molar-refractivity contribution < 1.29 is 13.0 Å². The van der Waals surface area contributed by atoms with Gasteiger partial charge in [-0.05, 0) is 23.6 Å². The van der Waals surface area contributed by atoms with Gasteiger partial charge in [0.15, 0.2) is 0 Å². The number of fused-ring (bicyclic) bond motifs is 1. The van der Waals surface area contributed by atoms with Crippen LogP contribution in [-0.2, 0) is 10.1 Å². The van der Waals surface area contributed by atoms with Crippen molar-refractivity contribution in [2.45, 2.75) is 4.90 Å². The molecule has 0 aliphatic rings. The first-order valence-electron chi connectivity index (χ1n) is 4.24. The number of benzene rings is 2. The maximum atomic E-state index is 11.1. The van der Waals surface area contributed by atoms with Gasteiger partial charge in [0.2, 0.25) is 0 Å². The Balaban J connectivity index is 2.92. The van der Waals surface area contributed by atoms with Crippen molar-refractivity contribution in [2.24, 2.45) is 0 Å². The lowest BCUT2D eigenvalue weighted by atomic mass is 10.1. The molecule has 2 rings (SSSR count). The average molecular weight is 223 g/mol. The maximum Gasteiger partial charge on any atom is 0.295 e. The zero-order chi connectivity index (χ0) is 11.1. The minimum Gasteiger partial charge on any atom is -0.399 e. The fourth-order valence-electron chi connectivity index (χ4n) is 1.49. The number of hydrogen-bond acceptors (Lipinski definition) is 3. The number of nitrogen functional groups attached to an aromatic ring is 1. The van der Waals surface area contributed by atoms with E-state index in [1.165, 1.54) is 12.1 Å². The van der Waals surface area contributed by atoms with Crippen molar-refractivity contribution in [3.63, 3.8) is 0 Å². The standard InChI is InChI=1S/C10H9NO3S/c11-8-5-4-7-2-1-3-10(9(7)6-8)15(12,13)14/h1-6H,11H2,(H,12,13,14). The lowest BCUT2D eigenvalue weighted by molar-refractivity contribution is 0.484. The molecule has 0 aliphatic carbocycles. The normalized spacial score (nSPS) is 11.8. The molecule has 0 spiro atoms. The predicted molar refractivity (Wildman–Crippen MR) is 58.2 cm³/mol. The summed E-state index contributed by atoms with van der Waals surface area (Å²) in [6, 6.07) is 9.58. The molecular weight excluding hydrogens is 214 g/mol. The first-order valence-corrected chi connectivity index (χ1v) is 5.68. The van der Waals surface area contributed by atoms with Crippen molar-refractivity contribution in [3.8, 4) is 0 Å². The van der Waals surface area contributed by atoms with Crippen molar-refractivity contribution in [2.75, 3.05) is 5.73 Å². The Bertz CT molecular complexity index is 620. The molecule has 0 aromatic heterocycles. The topological polar surface area (TPSA) is 80.4 Å². The molecule has 78 valence electrons. The van der Waals surface area contributed by atoms with Crippen molar-refractivity contribution in [1.82, 2.24) is 0 Å². The Morgan fingerprint density at radius 3 is 2.53 bits per heavy atom. The van der Waals surface area contributed by atoms with Crippen LogP contribution in [0.15, 0.2) is 41.3 Å². The SMILES string of the molecule is Nc1ccc2cccc(S(=O)(=O)O)c2c1. The molecule has 0 amide bonds. The molecule has 2 aromatic rings. The quantitative estimate of drug-likeness (QED) is 0.569. The second-order valence-electron chi connectivity index (χ2n) is 3.21. The second kappa shape index (κ2) is 3.22. The van der Waals surface area contributed by atoms with Gasteiger partial charge in [-0.2, -0.15) is 8.42 Å². The Morgan fingerprint density at radius 2 is 1.87 bits per heavy atom. The van der Waals surface area contributed by atoms with Gasteiger partial charge in [0.05, 0.1) is 0 Å². The third-order valence-corrected chi connectivity index (χ3v) is 3.06. The predicted octanol–water partition coefficient (Wildman–Crippen LogP) is 1.67. The van der Waals surface area contributed by atoms with Gasteiger partial charge in [0.25, 0.3) is 10.1 Å². The van der Waals surface area contributed by atoms with Crippen molar-refractivity contribution >= 4 is 26.6 Å². The molecule has 0 bridgehead atoms. The molecule has 0 unspecified atom stereocenters. The van der Waals surface area contributed by atoms with E-state index in [2.05, 4.69) is 0 Å². The molecular formula is C10H9NO3S. The van der Waals surface area contributed by atoms with E-state index in [9.17, 15) is 8.42 Å². The summed E-state index contributed by atoms with van der Waals surface area (Å²) in [7, 11) is -4.20. The number of anilines is 1. The van der Waals surface area contributed by atoms with Gasteiger partial charge in [-0.15, -0.1) is 0 Å². The molecule has 0 saturated carbocycles. The van der Waals surface area contributed by atoms with Crippen molar-refractivity contribution in [1.29, 1.82) is 0 Å². The Hall–Kier alpha value is -1.59. The zero-order valence-corrected chi connectivity index (χ0v) is 8.53. The Kier molecular flexibility index (Phi) is 2.13. The first kappa shape index (κ1) is 9.95. The van der Waals surface area contributed by atoms with Gasteiger partial charge in [-0.25, -0.2) is 0 Å². The average Bonchev–Trinajstić information content (AvgIpc) is 2.15. The Labute approximate surface area is 87.1 Å². The van der Waals surface area contributed by atoms with Crippen LogP contribution >= 0.6 is 0 Å².